The maximum absolute atomic E-state index is 13.4. The Kier molecular flexibility index (Phi) is 4.45. The van der Waals surface area contributed by atoms with E-state index in [0.29, 0.717) is 12.7 Å². The van der Waals surface area contributed by atoms with Crippen LogP contribution in [0.2, 0.25) is 0 Å². The summed E-state index contributed by atoms with van der Waals surface area (Å²) in [5.41, 5.74) is 0.689. The summed E-state index contributed by atoms with van der Waals surface area (Å²) in [5.74, 6) is -3.85. The molecule has 0 radical (unpaired) electrons. The topological polar surface area (TPSA) is 21.6 Å². The largest absolute Gasteiger partial charge is 0.454 e. The lowest BCUT2D eigenvalue weighted by atomic mass is 10.1. The first-order chi connectivity index (χ1) is 8.30. The minimum Gasteiger partial charge on any atom is -0.338 e. The molecule has 1 aromatic rings. The van der Waals surface area contributed by atoms with Crippen molar-refractivity contribution < 1.29 is 22.3 Å². The normalized spacial score (nSPS) is 17.7. The first-order valence-electron chi connectivity index (χ1n) is 5.20. The van der Waals surface area contributed by atoms with E-state index in [-0.39, 0.29) is 6.21 Å². The molecule has 0 saturated carbocycles. The molecule has 0 aliphatic rings. The van der Waals surface area contributed by atoms with Gasteiger partial charge in [-0.2, -0.15) is 17.6 Å². The lowest BCUT2D eigenvalue weighted by Gasteiger charge is -2.22. The molecule has 2 atom stereocenters. The van der Waals surface area contributed by atoms with Crippen LogP contribution in [0, 0.1) is 0 Å². The smallest absolute Gasteiger partial charge is 0.338 e. The van der Waals surface area contributed by atoms with Gasteiger partial charge in [0.2, 0.25) is 0 Å². The highest BCUT2D eigenvalue weighted by Crippen LogP contribution is 2.33. The second kappa shape index (κ2) is 5.48. The van der Waals surface area contributed by atoms with Gasteiger partial charge in [0, 0.05) is 7.11 Å². The number of halogens is 4. The van der Waals surface area contributed by atoms with Crippen LogP contribution in [0.25, 0.3) is 0 Å². The van der Waals surface area contributed by atoms with Crippen molar-refractivity contribution in [2.45, 2.75) is 25.0 Å². The highest BCUT2D eigenvalue weighted by atomic mass is 19.4. The van der Waals surface area contributed by atoms with E-state index in [4.69, 9.17) is 0 Å². The van der Waals surface area contributed by atoms with Crippen LogP contribution >= 0.6 is 0 Å². The van der Waals surface area contributed by atoms with Crippen LogP contribution in [-0.2, 0) is 4.74 Å². The third-order valence-electron chi connectivity index (χ3n) is 2.43. The molecular formula is C12H13F4NO. The molecule has 0 aliphatic carbocycles. The Morgan fingerprint density at radius 2 is 1.72 bits per heavy atom. The van der Waals surface area contributed by atoms with Gasteiger partial charge in [-0.25, -0.2) is 0 Å². The maximum atomic E-state index is 13.4. The molecule has 0 amide bonds. The monoisotopic (exact) mass is 263 g/mol. The van der Waals surface area contributed by atoms with E-state index >= 15 is 0 Å². The Morgan fingerprint density at radius 1 is 1.17 bits per heavy atom. The first kappa shape index (κ1) is 14.6. The van der Waals surface area contributed by atoms with Crippen molar-refractivity contribution in [3.8, 4) is 0 Å². The Labute approximate surface area is 102 Å². The van der Waals surface area contributed by atoms with Crippen molar-refractivity contribution in [2.24, 2.45) is 4.99 Å². The maximum Gasteiger partial charge on any atom is 0.454 e. The quantitative estimate of drug-likeness (QED) is 0.599. The number of rotatable bonds is 4. The molecule has 0 N–H and O–H groups in total. The Balaban J connectivity index is 2.86. The molecule has 0 bridgehead atoms. The molecule has 1 rings (SSSR count). The molecule has 0 heterocycles. The molecule has 100 valence electrons. The van der Waals surface area contributed by atoms with Crippen LogP contribution in [0.5, 0.6) is 0 Å². The van der Waals surface area contributed by atoms with E-state index in [2.05, 4.69) is 9.73 Å². The number of hydrogen-bond acceptors (Lipinski definition) is 2. The zero-order chi connectivity index (χ0) is 13.8. The average Bonchev–Trinajstić information content (AvgIpc) is 2.35. The molecule has 1 aromatic carbocycles. The number of methoxy groups -OCH3 is 1. The lowest BCUT2D eigenvalue weighted by molar-refractivity contribution is -0.287. The van der Waals surface area contributed by atoms with Gasteiger partial charge in [0.15, 0.2) is 0 Å². The third-order valence-corrected chi connectivity index (χ3v) is 2.43. The van der Waals surface area contributed by atoms with Crippen molar-refractivity contribution in [2.75, 3.05) is 7.11 Å². The second-order valence-corrected chi connectivity index (χ2v) is 3.71. The Bertz CT molecular complexity index is 404. The molecule has 0 saturated heterocycles. The van der Waals surface area contributed by atoms with Crippen molar-refractivity contribution in [3.05, 3.63) is 35.9 Å². The second-order valence-electron chi connectivity index (χ2n) is 3.71. The number of aliphatic imine (C=N–C) groups is 1. The fraction of sp³-hybridized carbons (Fsp3) is 0.417. The fourth-order valence-corrected chi connectivity index (χ4v) is 1.27. The van der Waals surface area contributed by atoms with E-state index in [9.17, 15) is 17.6 Å². The van der Waals surface area contributed by atoms with E-state index < -0.39 is 18.1 Å². The summed E-state index contributed by atoms with van der Waals surface area (Å²) >= 11 is 0. The third kappa shape index (κ3) is 3.29. The van der Waals surface area contributed by atoms with Gasteiger partial charge in [-0.05, 0) is 12.5 Å². The van der Waals surface area contributed by atoms with Crippen LogP contribution < -0.4 is 0 Å². The number of alkyl halides is 4. The molecule has 6 heteroatoms. The lowest BCUT2D eigenvalue weighted by Crippen LogP contribution is -2.44. The van der Waals surface area contributed by atoms with Gasteiger partial charge >= 0.3 is 12.0 Å². The molecule has 0 aromatic heterocycles. The van der Waals surface area contributed by atoms with E-state index in [1.54, 1.807) is 37.3 Å². The van der Waals surface area contributed by atoms with E-state index in [1.807, 2.05) is 0 Å². The predicted octanol–water partition coefficient (Wildman–Crippen LogP) is 3.69. The Morgan fingerprint density at radius 3 is 2.17 bits per heavy atom. The van der Waals surface area contributed by atoms with Crippen LogP contribution in [0.3, 0.4) is 0 Å². The van der Waals surface area contributed by atoms with Gasteiger partial charge in [0.25, 0.3) is 0 Å². The summed E-state index contributed by atoms with van der Waals surface area (Å²) in [6.07, 6.45) is -4.99. The van der Waals surface area contributed by atoms with Gasteiger partial charge < -0.3 is 4.74 Å². The summed E-state index contributed by atoms with van der Waals surface area (Å²) in [5, 5.41) is 0. The molecule has 2 unspecified atom stereocenters. The average molecular weight is 263 g/mol. The highest BCUT2D eigenvalue weighted by molar-refractivity contribution is 5.68. The van der Waals surface area contributed by atoms with Gasteiger partial charge in [-0.3, -0.25) is 4.99 Å². The summed E-state index contributed by atoms with van der Waals surface area (Å²) in [6.45, 7) is 1.57. The van der Waals surface area contributed by atoms with Crippen LogP contribution in [0.15, 0.2) is 35.3 Å². The van der Waals surface area contributed by atoms with Gasteiger partial charge in [0.1, 0.15) is 0 Å². The van der Waals surface area contributed by atoms with Crippen molar-refractivity contribution >= 4 is 6.21 Å². The summed E-state index contributed by atoms with van der Waals surface area (Å²) in [6, 6.07) is 8.03. The molecule has 0 spiro atoms. The number of nitrogens with zero attached hydrogens (tertiary/aromatic N) is 1. The van der Waals surface area contributed by atoms with Crippen LogP contribution in [-0.4, -0.2) is 25.4 Å². The van der Waals surface area contributed by atoms with E-state index in [1.165, 1.54) is 0 Å². The van der Waals surface area contributed by atoms with Crippen LogP contribution in [0.1, 0.15) is 18.5 Å². The van der Waals surface area contributed by atoms with E-state index in [0.717, 1.165) is 0 Å². The summed E-state index contributed by atoms with van der Waals surface area (Å²) in [4.78, 5) is 3.56. The van der Waals surface area contributed by atoms with Crippen molar-refractivity contribution in [1.82, 2.24) is 0 Å². The molecule has 0 aliphatic heterocycles. The van der Waals surface area contributed by atoms with Crippen molar-refractivity contribution in [1.29, 1.82) is 0 Å². The fourth-order valence-electron chi connectivity index (χ4n) is 1.27. The van der Waals surface area contributed by atoms with Gasteiger partial charge in [-0.15, -0.1) is 0 Å². The summed E-state index contributed by atoms with van der Waals surface area (Å²) < 4.78 is 54.4. The highest BCUT2D eigenvalue weighted by Gasteiger charge is 2.56. The number of hydrogen-bond donors (Lipinski definition) is 0. The SMILES string of the molecule is COC(F)(C=NC(C)c1ccccc1)C(F)(F)F. The molecule has 2 nitrogen and oxygen atoms in total. The van der Waals surface area contributed by atoms with Gasteiger partial charge in [0.05, 0.1) is 12.3 Å². The minimum absolute atomic E-state index is 0.157. The minimum atomic E-state index is -5.15. The number of ether oxygens (including phenoxy) is 1. The predicted molar refractivity (Wildman–Crippen MR) is 60.3 cm³/mol. The zero-order valence-corrected chi connectivity index (χ0v) is 9.91. The summed E-state index contributed by atoms with van der Waals surface area (Å²) in [7, 11) is 0.646. The molecule has 0 fully saturated rings. The van der Waals surface area contributed by atoms with Crippen LogP contribution in [0.4, 0.5) is 17.6 Å². The Hall–Kier alpha value is -1.43. The number of benzene rings is 1. The van der Waals surface area contributed by atoms with Gasteiger partial charge in [-0.1, -0.05) is 30.3 Å². The molecule has 18 heavy (non-hydrogen) atoms. The van der Waals surface area contributed by atoms with Crippen molar-refractivity contribution in [3.63, 3.8) is 0 Å². The zero-order valence-electron chi connectivity index (χ0n) is 9.91. The first-order valence-corrected chi connectivity index (χ1v) is 5.20. The standard InChI is InChI=1S/C12H13F4NO/c1-9(10-6-4-3-5-7-10)17-8-11(13,18-2)12(14,15)16/h3-9H,1-2H3. The molecular weight excluding hydrogens is 250 g/mol.